The summed E-state index contributed by atoms with van der Waals surface area (Å²) in [5.74, 6) is 0. The fourth-order valence-electron chi connectivity index (χ4n) is 1.81. The van der Waals surface area contributed by atoms with Gasteiger partial charge in [-0.15, -0.1) is 0 Å². The van der Waals surface area contributed by atoms with Crippen LogP contribution in [0.3, 0.4) is 0 Å². The molecule has 0 bridgehead atoms. The zero-order chi connectivity index (χ0) is 12.6. The van der Waals surface area contributed by atoms with Crippen molar-refractivity contribution in [3.63, 3.8) is 0 Å². The van der Waals surface area contributed by atoms with E-state index in [4.69, 9.17) is 11.6 Å². The van der Waals surface area contributed by atoms with Crippen molar-refractivity contribution in [2.45, 2.75) is 19.4 Å². The molecule has 92 valence electrons. The number of hydrogen-bond acceptors (Lipinski definition) is 3. The van der Waals surface area contributed by atoms with Crippen molar-refractivity contribution in [1.29, 1.82) is 0 Å². The van der Waals surface area contributed by atoms with Crippen LogP contribution in [0.1, 0.15) is 23.1 Å². The van der Waals surface area contributed by atoms with Crippen molar-refractivity contribution in [3.05, 3.63) is 34.4 Å². The number of nitrogens with zero attached hydrogens (tertiary/aromatic N) is 4. The summed E-state index contributed by atoms with van der Waals surface area (Å²) in [7, 11) is 3.60. The number of hydrogen-bond donors (Lipinski definition) is 1. The number of aromatic nitrogens is 4. The van der Waals surface area contributed by atoms with Gasteiger partial charge >= 0.3 is 0 Å². The molecule has 0 aliphatic heterocycles. The molecule has 0 spiro atoms. The van der Waals surface area contributed by atoms with E-state index in [0.29, 0.717) is 17.3 Å². The molecule has 1 N–H and O–H groups in total. The first kappa shape index (κ1) is 12.1. The Hall–Kier alpha value is -1.33. The van der Waals surface area contributed by atoms with Crippen LogP contribution < -0.4 is 0 Å². The summed E-state index contributed by atoms with van der Waals surface area (Å²) in [5, 5.41) is 19.0. The van der Waals surface area contributed by atoms with Crippen molar-refractivity contribution in [2.75, 3.05) is 0 Å². The van der Waals surface area contributed by atoms with Gasteiger partial charge < -0.3 is 5.11 Å². The molecule has 0 saturated carbocycles. The summed E-state index contributed by atoms with van der Waals surface area (Å²) >= 11 is 6.11. The molecule has 5 nitrogen and oxygen atoms in total. The maximum Gasteiger partial charge on any atom is 0.130 e. The second-order valence-electron chi connectivity index (χ2n) is 4.11. The van der Waals surface area contributed by atoms with Gasteiger partial charge in [0.25, 0.3) is 0 Å². The largest absolute Gasteiger partial charge is 0.386 e. The summed E-state index contributed by atoms with van der Waals surface area (Å²) in [6.45, 7) is 1.88. The van der Waals surface area contributed by atoms with Crippen LogP contribution in [0.15, 0.2) is 12.3 Å². The second kappa shape index (κ2) is 4.50. The normalized spacial score (nSPS) is 13.0. The molecule has 0 aromatic carbocycles. The number of aliphatic hydroxyl groups is 1. The van der Waals surface area contributed by atoms with E-state index < -0.39 is 6.10 Å². The van der Waals surface area contributed by atoms with Crippen molar-refractivity contribution >= 4 is 11.6 Å². The predicted octanol–water partition coefficient (Wildman–Crippen LogP) is 1.39. The minimum atomic E-state index is -0.656. The zero-order valence-electron chi connectivity index (χ0n) is 10.1. The Bertz CT molecular complexity index is 532. The molecule has 6 heteroatoms. The van der Waals surface area contributed by atoms with Crippen LogP contribution in [-0.2, 0) is 20.5 Å². The number of halogens is 1. The van der Waals surface area contributed by atoms with Crippen molar-refractivity contribution in [1.82, 2.24) is 19.6 Å². The smallest absolute Gasteiger partial charge is 0.130 e. The third-order valence-electron chi connectivity index (χ3n) is 2.74. The molecular weight excluding hydrogens is 240 g/mol. The van der Waals surface area contributed by atoms with E-state index >= 15 is 0 Å². The highest BCUT2D eigenvalue weighted by atomic mass is 35.5. The average Bonchev–Trinajstić information content (AvgIpc) is 2.79. The molecule has 0 amide bonds. The molecule has 0 radical (unpaired) electrons. The Morgan fingerprint density at radius 1 is 1.41 bits per heavy atom. The van der Waals surface area contributed by atoms with Crippen molar-refractivity contribution in [2.24, 2.45) is 14.1 Å². The lowest BCUT2D eigenvalue weighted by molar-refractivity contribution is 0.172. The third kappa shape index (κ3) is 2.35. The minimum Gasteiger partial charge on any atom is -0.386 e. The van der Waals surface area contributed by atoms with Crippen LogP contribution in [0.5, 0.6) is 0 Å². The molecular formula is C11H15ClN4O. The van der Waals surface area contributed by atoms with E-state index in [1.54, 1.807) is 28.7 Å². The highest BCUT2D eigenvalue weighted by molar-refractivity contribution is 6.30. The van der Waals surface area contributed by atoms with Crippen LogP contribution in [0, 0.1) is 6.92 Å². The lowest BCUT2D eigenvalue weighted by Crippen LogP contribution is -2.04. The third-order valence-corrected chi connectivity index (χ3v) is 3.22. The van der Waals surface area contributed by atoms with Crippen LogP contribution in [-0.4, -0.2) is 24.7 Å². The van der Waals surface area contributed by atoms with Gasteiger partial charge in [0, 0.05) is 32.3 Å². The molecule has 2 heterocycles. The van der Waals surface area contributed by atoms with E-state index in [0.717, 1.165) is 11.3 Å². The first-order valence-electron chi connectivity index (χ1n) is 5.34. The van der Waals surface area contributed by atoms with Crippen LogP contribution in [0.25, 0.3) is 0 Å². The van der Waals surface area contributed by atoms with Gasteiger partial charge in [-0.3, -0.25) is 9.36 Å². The van der Waals surface area contributed by atoms with Gasteiger partial charge in [0.1, 0.15) is 11.3 Å². The highest BCUT2D eigenvalue weighted by Crippen LogP contribution is 2.24. The molecule has 2 aromatic rings. The maximum atomic E-state index is 10.1. The van der Waals surface area contributed by atoms with Crippen LogP contribution >= 0.6 is 11.6 Å². The molecule has 0 fully saturated rings. The van der Waals surface area contributed by atoms with Gasteiger partial charge in [-0.25, -0.2) is 0 Å². The summed E-state index contributed by atoms with van der Waals surface area (Å²) in [5.41, 5.74) is 2.35. The molecule has 1 unspecified atom stereocenters. The molecule has 2 rings (SSSR count). The Morgan fingerprint density at radius 3 is 2.59 bits per heavy atom. The fourth-order valence-corrected chi connectivity index (χ4v) is 2.07. The monoisotopic (exact) mass is 254 g/mol. The van der Waals surface area contributed by atoms with Gasteiger partial charge in [-0.05, 0) is 13.0 Å². The lowest BCUT2D eigenvalue weighted by atomic mass is 10.1. The summed E-state index contributed by atoms with van der Waals surface area (Å²) in [6.07, 6.45) is 1.57. The Labute approximate surface area is 105 Å². The average molecular weight is 255 g/mol. The van der Waals surface area contributed by atoms with E-state index in [1.165, 1.54) is 0 Å². The molecule has 0 aliphatic rings. The Morgan fingerprint density at radius 2 is 2.12 bits per heavy atom. The van der Waals surface area contributed by atoms with Gasteiger partial charge in [0.15, 0.2) is 0 Å². The summed E-state index contributed by atoms with van der Waals surface area (Å²) in [6, 6.07) is 1.80. The van der Waals surface area contributed by atoms with Gasteiger partial charge in [0.05, 0.1) is 11.4 Å². The number of aliphatic hydroxyl groups excluding tert-OH is 1. The van der Waals surface area contributed by atoms with Gasteiger partial charge in [0.2, 0.25) is 0 Å². The van der Waals surface area contributed by atoms with Crippen LogP contribution in [0.2, 0.25) is 5.15 Å². The van der Waals surface area contributed by atoms with E-state index in [1.807, 2.05) is 14.0 Å². The second-order valence-corrected chi connectivity index (χ2v) is 4.47. The fraction of sp³-hybridized carbons (Fsp3) is 0.455. The number of aryl methyl sites for hydroxylation is 3. The molecule has 0 aliphatic carbocycles. The Balaban J connectivity index is 2.21. The van der Waals surface area contributed by atoms with Crippen LogP contribution in [0.4, 0.5) is 0 Å². The molecule has 1 atom stereocenters. The first-order valence-corrected chi connectivity index (χ1v) is 5.72. The lowest BCUT2D eigenvalue weighted by Gasteiger charge is -2.07. The molecule has 0 saturated heterocycles. The van der Waals surface area contributed by atoms with Gasteiger partial charge in [-0.1, -0.05) is 11.6 Å². The first-order chi connectivity index (χ1) is 7.99. The van der Waals surface area contributed by atoms with E-state index in [9.17, 15) is 5.11 Å². The topological polar surface area (TPSA) is 55.9 Å². The Kier molecular flexibility index (Phi) is 3.22. The van der Waals surface area contributed by atoms with Crippen molar-refractivity contribution < 1.29 is 5.11 Å². The summed E-state index contributed by atoms with van der Waals surface area (Å²) < 4.78 is 3.27. The maximum absolute atomic E-state index is 10.1. The summed E-state index contributed by atoms with van der Waals surface area (Å²) in [4.78, 5) is 0. The van der Waals surface area contributed by atoms with Crippen molar-refractivity contribution in [3.8, 4) is 0 Å². The highest BCUT2D eigenvalue weighted by Gasteiger charge is 2.18. The SMILES string of the molecule is Cc1nn(C)c(Cl)c1CC(O)c1ccn(C)n1. The molecule has 2 aromatic heterocycles. The quantitative estimate of drug-likeness (QED) is 0.901. The minimum absolute atomic E-state index is 0.426. The van der Waals surface area contributed by atoms with E-state index in [-0.39, 0.29) is 0 Å². The van der Waals surface area contributed by atoms with Gasteiger partial charge in [-0.2, -0.15) is 10.2 Å². The van der Waals surface area contributed by atoms with E-state index in [2.05, 4.69) is 10.2 Å². The zero-order valence-corrected chi connectivity index (χ0v) is 10.8. The predicted molar refractivity (Wildman–Crippen MR) is 64.8 cm³/mol. The standard InChI is InChI=1S/C11H15ClN4O/c1-7-8(11(12)16(3)13-7)6-10(17)9-4-5-15(2)14-9/h4-5,10,17H,6H2,1-3H3. The molecule has 17 heavy (non-hydrogen) atoms. The number of rotatable bonds is 3.